The van der Waals surface area contributed by atoms with E-state index >= 15 is 0 Å². The Morgan fingerprint density at radius 2 is 2.05 bits per heavy atom. The molecule has 0 fully saturated rings. The third-order valence-electron chi connectivity index (χ3n) is 2.76. The molecule has 0 amide bonds. The summed E-state index contributed by atoms with van der Waals surface area (Å²) in [6.07, 6.45) is 1.20. The molecule has 116 valence electrons. The third kappa shape index (κ3) is 4.01. The molecule has 0 aliphatic carbocycles. The maximum absolute atomic E-state index is 11.7. The van der Waals surface area contributed by atoms with Crippen LogP contribution in [0.2, 0.25) is 0 Å². The molecule has 2 N–H and O–H groups in total. The first-order valence-electron chi connectivity index (χ1n) is 6.49. The van der Waals surface area contributed by atoms with Crippen LogP contribution in [0.25, 0.3) is 0 Å². The van der Waals surface area contributed by atoms with Gasteiger partial charge in [-0.3, -0.25) is 10.1 Å². The quantitative estimate of drug-likeness (QED) is 0.440. The number of anilines is 2. The van der Waals surface area contributed by atoms with Gasteiger partial charge in [-0.05, 0) is 12.8 Å². The Balaban J connectivity index is 3.19. The van der Waals surface area contributed by atoms with Gasteiger partial charge in [0.2, 0.25) is 11.6 Å². The van der Waals surface area contributed by atoms with Crippen molar-refractivity contribution in [3.63, 3.8) is 0 Å². The molecule has 1 aromatic rings. The lowest BCUT2D eigenvalue weighted by atomic mass is 10.0. The van der Waals surface area contributed by atoms with Gasteiger partial charge in [0.25, 0.3) is 0 Å². The standard InChI is InChI=1S/C12H19N5O4/c1-5-13-10-9(17(19)20)11(15-6-14-10)16-8(7(2)3)12(18)21-4/h6-8H,5H2,1-4H3,(H2,13,14,15,16). The predicted octanol–water partition coefficient (Wildman–Crippen LogP) is 1.43. The normalized spacial score (nSPS) is 11.9. The molecule has 1 rings (SSSR count). The molecule has 1 aromatic heterocycles. The van der Waals surface area contributed by atoms with Crippen LogP contribution in [-0.2, 0) is 9.53 Å². The van der Waals surface area contributed by atoms with Crippen LogP contribution in [0.5, 0.6) is 0 Å². The van der Waals surface area contributed by atoms with Gasteiger partial charge in [-0.2, -0.15) is 0 Å². The van der Waals surface area contributed by atoms with E-state index in [0.717, 1.165) is 0 Å². The summed E-state index contributed by atoms with van der Waals surface area (Å²) in [5, 5.41) is 16.8. The maximum Gasteiger partial charge on any atom is 0.353 e. The minimum absolute atomic E-state index is 0.0185. The molecular formula is C12H19N5O4. The molecule has 0 saturated carbocycles. The number of hydrogen-bond donors (Lipinski definition) is 2. The van der Waals surface area contributed by atoms with Crippen LogP contribution in [0.1, 0.15) is 20.8 Å². The number of ether oxygens (including phenoxy) is 1. The van der Waals surface area contributed by atoms with Crippen molar-refractivity contribution in [3.8, 4) is 0 Å². The van der Waals surface area contributed by atoms with Crippen molar-refractivity contribution in [2.45, 2.75) is 26.8 Å². The Bertz CT molecular complexity index is 520. The molecule has 0 bridgehead atoms. The lowest BCUT2D eigenvalue weighted by molar-refractivity contribution is -0.383. The number of rotatable bonds is 7. The van der Waals surface area contributed by atoms with E-state index in [4.69, 9.17) is 4.74 Å². The van der Waals surface area contributed by atoms with Gasteiger partial charge in [0.15, 0.2) is 0 Å². The molecule has 0 aromatic carbocycles. The summed E-state index contributed by atoms with van der Waals surface area (Å²) < 4.78 is 4.69. The average Bonchev–Trinajstić information content (AvgIpc) is 2.43. The number of aromatic nitrogens is 2. The number of nitrogens with one attached hydrogen (secondary N) is 2. The van der Waals surface area contributed by atoms with Crippen LogP contribution in [-0.4, -0.2) is 40.6 Å². The monoisotopic (exact) mass is 297 g/mol. The molecule has 9 heteroatoms. The molecule has 21 heavy (non-hydrogen) atoms. The van der Waals surface area contributed by atoms with Crippen molar-refractivity contribution in [1.82, 2.24) is 9.97 Å². The van der Waals surface area contributed by atoms with E-state index in [1.807, 2.05) is 0 Å². The molecule has 0 spiro atoms. The van der Waals surface area contributed by atoms with Crippen molar-refractivity contribution in [2.75, 3.05) is 24.3 Å². The Labute approximate surface area is 122 Å². The summed E-state index contributed by atoms with van der Waals surface area (Å²) in [5.41, 5.74) is -0.297. The summed E-state index contributed by atoms with van der Waals surface area (Å²) in [4.78, 5) is 30.1. The van der Waals surface area contributed by atoms with Gasteiger partial charge in [-0.25, -0.2) is 14.8 Å². The largest absolute Gasteiger partial charge is 0.467 e. The second kappa shape index (κ2) is 7.36. The minimum atomic E-state index is -0.738. The highest BCUT2D eigenvalue weighted by atomic mass is 16.6. The van der Waals surface area contributed by atoms with Gasteiger partial charge in [-0.1, -0.05) is 13.8 Å². The first-order chi connectivity index (χ1) is 9.92. The van der Waals surface area contributed by atoms with Gasteiger partial charge >= 0.3 is 11.7 Å². The van der Waals surface area contributed by atoms with Crippen LogP contribution in [0.15, 0.2) is 6.33 Å². The van der Waals surface area contributed by atoms with E-state index < -0.39 is 16.9 Å². The zero-order chi connectivity index (χ0) is 16.0. The Morgan fingerprint density at radius 3 is 2.52 bits per heavy atom. The van der Waals surface area contributed by atoms with Gasteiger partial charge in [0.05, 0.1) is 12.0 Å². The van der Waals surface area contributed by atoms with Crippen molar-refractivity contribution < 1.29 is 14.5 Å². The highest BCUT2D eigenvalue weighted by Crippen LogP contribution is 2.29. The first-order valence-corrected chi connectivity index (χ1v) is 6.49. The van der Waals surface area contributed by atoms with Gasteiger partial charge in [-0.15, -0.1) is 0 Å². The van der Waals surface area contributed by atoms with E-state index in [1.165, 1.54) is 13.4 Å². The second-order valence-electron chi connectivity index (χ2n) is 4.60. The second-order valence-corrected chi connectivity index (χ2v) is 4.60. The number of hydrogen-bond acceptors (Lipinski definition) is 8. The smallest absolute Gasteiger partial charge is 0.353 e. The summed E-state index contributed by atoms with van der Waals surface area (Å²) in [6, 6.07) is -0.738. The zero-order valence-electron chi connectivity index (χ0n) is 12.4. The molecule has 0 radical (unpaired) electrons. The summed E-state index contributed by atoms with van der Waals surface area (Å²) >= 11 is 0. The first kappa shape index (κ1) is 16.6. The van der Waals surface area contributed by atoms with E-state index in [9.17, 15) is 14.9 Å². The minimum Gasteiger partial charge on any atom is -0.467 e. The maximum atomic E-state index is 11.7. The topological polar surface area (TPSA) is 119 Å². The number of carbonyl (C=O) groups excluding carboxylic acids is 1. The molecule has 0 aliphatic heterocycles. The number of esters is 1. The van der Waals surface area contributed by atoms with Crippen molar-refractivity contribution >= 4 is 23.3 Å². The van der Waals surface area contributed by atoms with Gasteiger partial charge in [0, 0.05) is 6.54 Å². The predicted molar refractivity (Wildman–Crippen MR) is 77.1 cm³/mol. The number of nitro groups is 1. The van der Waals surface area contributed by atoms with Crippen LogP contribution in [0.3, 0.4) is 0 Å². The summed E-state index contributed by atoms with van der Waals surface area (Å²) in [6.45, 7) is 5.87. The summed E-state index contributed by atoms with van der Waals surface area (Å²) in [5.74, 6) is -0.556. The number of methoxy groups -OCH3 is 1. The fraction of sp³-hybridized carbons (Fsp3) is 0.583. The fourth-order valence-electron chi connectivity index (χ4n) is 1.73. The van der Waals surface area contributed by atoms with E-state index in [-0.39, 0.29) is 23.2 Å². The van der Waals surface area contributed by atoms with Crippen molar-refractivity contribution in [2.24, 2.45) is 5.92 Å². The van der Waals surface area contributed by atoms with Crippen molar-refractivity contribution in [3.05, 3.63) is 16.4 Å². The van der Waals surface area contributed by atoms with Crippen LogP contribution >= 0.6 is 0 Å². The van der Waals surface area contributed by atoms with E-state index in [0.29, 0.717) is 6.54 Å². The van der Waals surface area contributed by atoms with Crippen LogP contribution in [0.4, 0.5) is 17.3 Å². The summed E-state index contributed by atoms with van der Waals surface area (Å²) in [7, 11) is 1.26. The molecule has 1 atom stereocenters. The molecule has 1 heterocycles. The van der Waals surface area contributed by atoms with Crippen LogP contribution < -0.4 is 10.6 Å². The highest BCUT2D eigenvalue weighted by molar-refractivity contribution is 5.81. The molecular weight excluding hydrogens is 278 g/mol. The zero-order valence-corrected chi connectivity index (χ0v) is 12.4. The van der Waals surface area contributed by atoms with E-state index in [1.54, 1.807) is 20.8 Å². The molecule has 0 aliphatic rings. The third-order valence-corrected chi connectivity index (χ3v) is 2.76. The lowest BCUT2D eigenvalue weighted by Gasteiger charge is -2.20. The van der Waals surface area contributed by atoms with Crippen molar-refractivity contribution in [1.29, 1.82) is 0 Å². The molecule has 9 nitrogen and oxygen atoms in total. The Morgan fingerprint density at radius 1 is 1.43 bits per heavy atom. The number of carbonyl (C=O) groups is 1. The highest BCUT2D eigenvalue weighted by Gasteiger charge is 2.29. The molecule has 0 saturated heterocycles. The fourth-order valence-corrected chi connectivity index (χ4v) is 1.73. The Hall–Kier alpha value is -2.45. The number of nitrogens with zero attached hydrogens (tertiary/aromatic N) is 3. The average molecular weight is 297 g/mol. The van der Waals surface area contributed by atoms with E-state index in [2.05, 4.69) is 20.6 Å². The van der Waals surface area contributed by atoms with Crippen LogP contribution in [0, 0.1) is 16.0 Å². The van der Waals surface area contributed by atoms with Gasteiger partial charge in [0.1, 0.15) is 12.4 Å². The van der Waals surface area contributed by atoms with Gasteiger partial charge < -0.3 is 15.4 Å². The lowest BCUT2D eigenvalue weighted by Crippen LogP contribution is -2.36. The Kier molecular flexibility index (Phi) is 5.82. The molecule has 1 unspecified atom stereocenters. The SMILES string of the molecule is CCNc1ncnc(NC(C(=O)OC)C(C)C)c1[N+](=O)[O-].